The van der Waals surface area contributed by atoms with Gasteiger partial charge in [-0.15, -0.1) is 0 Å². The minimum Gasteiger partial charge on any atom is -0.355 e. The summed E-state index contributed by atoms with van der Waals surface area (Å²) in [5, 5.41) is 3.59. The number of aryl methyl sites for hydroxylation is 1. The minimum absolute atomic E-state index is 0.0234. The van der Waals surface area contributed by atoms with Gasteiger partial charge in [-0.1, -0.05) is 54.2 Å². The zero-order valence-corrected chi connectivity index (χ0v) is 15.2. The average Bonchev–Trinajstić information content (AvgIpc) is 2.63. The van der Waals surface area contributed by atoms with E-state index in [-0.39, 0.29) is 11.2 Å². The maximum Gasteiger partial charge on any atom is 0.233 e. The van der Waals surface area contributed by atoms with Crippen molar-refractivity contribution in [2.24, 2.45) is 0 Å². The highest BCUT2D eigenvalue weighted by Crippen LogP contribution is 2.25. The molecule has 1 N–H and O–H groups in total. The van der Waals surface area contributed by atoms with Crippen molar-refractivity contribution in [3.05, 3.63) is 65.9 Å². The van der Waals surface area contributed by atoms with Gasteiger partial charge in [-0.2, -0.15) is 0 Å². The second-order valence-electron chi connectivity index (χ2n) is 5.89. The molecule has 2 aromatic carbocycles. The Hall–Kier alpha value is -2.40. The third-order valence-electron chi connectivity index (χ3n) is 3.91. The summed E-state index contributed by atoms with van der Waals surface area (Å²) in [4.78, 5) is 21.6. The number of amides is 1. The van der Waals surface area contributed by atoms with Crippen molar-refractivity contribution in [2.75, 3.05) is 6.54 Å². The lowest BCUT2D eigenvalue weighted by atomic mass is 10.1. The van der Waals surface area contributed by atoms with Crippen LogP contribution in [0.1, 0.15) is 18.2 Å². The molecule has 0 aliphatic heterocycles. The van der Waals surface area contributed by atoms with Crippen LogP contribution in [-0.2, 0) is 11.2 Å². The first-order valence-electron chi connectivity index (χ1n) is 8.35. The minimum atomic E-state index is -0.218. The number of nitrogens with zero attached hydrogens (tertiary/aromatic N) is 2. The summed E-state index contributed by atoms with van der Waals surface area (Å²) in [5.74, 6) is 0.0234. The molecular formula is C20H21N3OS. The molecule has 4 nitrogen and oxygen atoms in total. The van der Waals surface area contributed by atoms with E-state index < -0.39 is 0 Å². The van der Waals surface area contributed by atoms with Gasteiger partial charge in [0.2, 0.25) is 5.91 Å². The molecule has 5 heteroatoms. The van der Waals surface area contributed by atoms with Crippen LogP contribution in [0, 0.1) is 6.92 Å². The topological polar surface area (TPSA) is 54.9 Å². The number of hydrogen-bond acceptors (Lipinski definition) is 4. The maximum atomic E-state index is 12.3. The molecule has 1 amide bonds. The number of hydrogen-bond donors (Lipinski definition) is 1. The van der Waals surface area contributed by atoms with Gasteiger partial charge in [-0.3, -0.25) is 4.79 Å². The zero-order chi connectivity index (χ0) is 17.6. The standard InChI is InChI=1S/C20H21N3OS/c1-14-20(23-18-11-7-6-10-17(18)22-14)25-15(2)19(24)21-13-12-16-8-4-3-5-9-16/h3-11,15H,12-13H2,1-2H3,(H,21,24). The molecule has 0 fully saturated rings. The highest BCUT2D eigenvalue weighted by molar-refractivity contribution is 8.00. The zero-order valence-electron chi connectivity index (χ0n) is 14.4. The van der Waals surface area contributed by atoms with Gasteiger partial charge in [0, 0.05) is 6.54 Å². The largest absolute Gasteiger partial charge is 0.355 e. The first-order valence-corrected chi connectivity index (χ1v) is 9.23. The number of para-hydroxylation sites is 2. The molecule has 0 bridgehead atoms. The van der Waals surface area contributed by atoms with Crippen LogP contribution in [0.4, 0.5) is 0 Å². The van der Waals surface area contributed by atoms with Crippen LogP contribution in [0.5, 0.6) is 0 Å². The van der Waals surface area contributed by atoms with Gasteiger partial charge in [0.15, 0.2) is 0 Å². The second-order valence-corrected chi connectivity index (χ2v) is 7.22. The van der Waals surface area contributed by atoms with Gasteiger partial charge in [0.25, 0.3) is 0 Å². The molecule has 0 aliphatic carbocycles. The van der Waals surface area contributed by atoms with E-state index in [0.29, 0.717) is 6.54 Å². The van der Waals surface area contributed by atoms with Crippen LogP contribution in [-0.4, -0.2) is 27.7 Å². The van der Waals surface area contributed by atoms with Gasteiger partial charge in [-0.05, 0) is 38.0 Å². The van der Waals surface area contributed by atoms with Crippen molar-refractivity contribution in [1.82, 2.24) is 15.3 Å². The molecule has 1 aromatic heterocycles. The molecule has 0 aliphatic rings. The third-order valence-corrected chi connectivity index (χ3v) is 5.09. The number of thioether (sulfide) groups is 1. The van der Waals surface area contributed by atoms with Crippen LogP contribution >= 0.6 is 11.8 Å². The van der Waals surface area contributed by atoms with Crippen LogP contribution in [0.25, 0.3) is 11.0 Å². The molecular weight excluding hydrogens is 330 g/mol. The molecule has 128 valence electrons. The van der Waals surface area contributed by atoms with Gasteiger partial charge in [-0.25, -0.2) is 9.97 Å². The SMILES string of the molecule is Cc1nc2ccccc2nc1SC(C)C(=O)NCCc1ccccc1. The summed E-state index contributed by atoms with van der Waals surface area (Å²) in [5.41, 5.74) is 3.81. The van der Waals surface area contributed by atoms with E-state index in [1.807, 2.05) is 56.3 Å². The Balaban J connectivity index is 1.58. The van der Waals surface area contributed by atoms with E-state index in [4.69, 9.17) is 0 Å². The average molecular weight is 351 g/mol. The second kappa shape index (κ2) is 8.12. The number of benzene rings is 2. The highest BCUT2D eigenvalue weighted by Gasteiger charge is 2.17. The monoisotopic (exact) mass is 351 g/mol. The smallest absolute Gasteiger partial charge is 0.233 e. The van der Waals surface area contributed by atoms with Crippen molar-refractivity contribution in [3.8, 4) is 0 Å². The summed E-state index contributed by atoms with van der Waals surface area (Å²) < 4.78 is 0. The fourth-order valence-electron chi connectivity index (χ4n) is 2.52. The molecule has 1 atom stereocenters. The molecule has 0 saturated carbocycles. The summed E-state index contributed by atoms with van der Waals surface area (Å²) in [7, 11) is 0. The quantitative estimate of drug-likeness (QED) is 0.687. The van der Waals surface area contributed by atoms with Crippen molar-refractivity contribution in [1.29, 1.82) is 0 Å². The maximum absolute atomic E-state index is 12.3. The molecule has 3 rings (SSSR count). The predicted octanol–water partition coefficient (Wildman–Crippen LogP) is 3.78. The Labute approximate surface area is 152 Å². The lowest BCUT2D eigenvalue weighted by Gasteiger charge is -2.13. The molecule has 0 saturated heterocycles. The Kier molecular flexibility index (Phi) is 5.66. The van der Waals surface area contributed by atoms with Gasteiger partial charge in [0.05, 0.1) is 22.0 Å². The Morgan fingerprint density at radius 3 is 2.40 bits per heavy atom. The molecule has 0 radical (unpaired) electrons. The summed E-state index contributed by atoms with van der Waals surface area (Å²) in [6.07, 6.45) is 0.832. The van der Waals surface area contributed by atoms with Crippen LogP contribution in [0.2, 0.25) is 0 Å². The lowest BCUT2D eigenvalue weighted by Crippen LogP contribution is -2.32. The number of nitrogens with one attached hydrogen (secondary N) is 1. The van der Waals surface area contributed by atoms with Crippen molar-refractivity contribution >= 4 is 28.7 Å². The van der Waals surface area contributed by atoms with Crippen molar-refractivity contribution in [3.63, 3.8) is 0 Å². The van der Waals surface area contributed by atoms with Crippen LogP contribution < -0.4 is 5.32 Å². The van der Waals surface area contributed by atoms with E-state index >= 15 is 0 Å². The fraction of sp³-hybridized carbons (Fsp3) is 0.250. The van der Waals surface area contributed by atoms with Crippen molar-refractivity contribution < 1.29 is 4.79 Å². The number of fused-ring (bicyclic) bond motifs is 1. The van der Waals surface area contributed by atoms with Gasteiger partial charge in [0.1, 0.15) is 5.03 Å². The molecule has 3 aromatic rings. The lowest BCUT2D eigenvalue weighted by molar-refractivity contribution is -0.120. The fourth-order valence-corrected chi connectivity index (χ4v) is 3.42. The predicted molar refractivity (Wildman–Crippen MR) is 103 cm³/mol. The summed E-state index contributed by atoms with van der Waals surface area (Å²) >= 11 is 1.45. The van der Waals surface area contributed by atoms with Gasteiger partial charge < -0.3 is 5.32 Å². The summed E-state index contributed by atoms with van der Waals surface area (Å²) in [6, 6.07) is 17.9. The highest BCUT2D eigenvalue weighted by atomic mass is 32.2. The molecule has 1 unspecified atom stereocenters. The van der Waals surface area contributed by atoms with E-state index in [9.17, 15) is 4.79 Å². The number of aromatic nitrogens is 2. The Morgan fingerprint density at radius 2 is 1.68 bits per heavy atom. The van der Waals surface area contributed by atoms with Crippen LogP contribution in [0.3, 0.4) is 0 Å². The van der Waals surface area contributed by atoms with E-state index in [1.54, 1.807) is 0 Å². The Bertz CT molecular complexity index is 867. The summed E-state index contributed by atoms with van der Waals surface area (Å²) in [6.45, 7) is 4.47. The molecule has 1 heterocycles. The van der Waals surface area contributed by atoms with E-state index in [1.165, 1.54) is 17.3 Å². The van der Waals surface area contributed by atoms with E-state index in [2.05, 4.69) is 27.4 Å². The Morgan fingerprint density at radius 1 is 1.04 bits per heavy atom. The molecule has 0 spiro atoms. The van der Waals surface area contributed by atoms with Gasteiger partial charge >= 0.3 is 0 Å². The van der Waals surface area contributed by atoms with E-state index in [0.717, 1.165) is 28.2 Å². The first kappa shape index (κ1) is 17.4. The van der Waals surface area contributed by atoms with Crippen LogP contribution in [0.15, 0.2) is 59.6 Å². The van der Waals surface area contributed by atoms with Crippen molar-refractivity contribution in [2.45, 2.75) is 30.5 Å². The normalized spacial score (nSPS) is 12.1. The number of rotatable bonds is 6. The first-order chi connectivity index (χ1) is 12.1. The molecule has 25 heavy (non-hydrogen) atoms. The number of carbonyl (C=O) groups excluding carboxylic acids is 1. The number of carbonyl (C=O) groups is 1. The third kappa shape index (κ3) is 4.57.